The van der Waals surface area contributed by atoms with Gasteiger partial charge in [0.2, 0.25) is 5.91 Å². The van der Waals surface area contributed by atoms with Crippen molar-refractivity contribution in [1.82, 2.24) is 10.6 Å². The zero-order chi connectivity index (χ0) is 11.3. The molecular formula is C10H18N2O3. The molecule has 1 unspecified atom stereocenters. The standard InChI is InChI=1S/C10H18N2O3/c1-2-4-8(10(14)15)12-9(13)7-5-3-6-11-7/h7-8,11H,2-6H2,1H3,(H,12,13)(H,14,15)/t7-,8?/m1/s1. The molecule has 1 rings (SSSR count). The molecule has 0 aromatic carbocycles. The summed E-state index contributed by atoms with van der Waals surface area (Å²) in [6.07, 6.45) is 3.00. The Bertz CT molecular complexity index is 237. The second-order valence-corrected chi connectivity index (χ2v) is 3.84. The van der Waals surface area contributed by atoms with Crippen molar-refractivity contribution in [1.29, 1.82) is 0 Å². The van der Waals surface area contributed by atoms with Crippen LogP contribution in [0.2, 0.25) is 0 Å². The highest BCUT2D eigenvalue weighted by Gasteiger charge is 2.26. The van der Waals surface area contributed by atoms with E-state index in [-0.39, 0.29) is 11.9 Å². The maximum absolute atomic E-state index is 11.6. The molecule has 1 fully saturated rings. The van der Waals surface area contributed by atoms with E-state index in [9.17, 15) is 9.59 Å². The monoisotopic (exact) mass is 214 g/mol. The van der Waals surface area contributed by atoms with E-state index in [4.69, 9.17) is 5.11 Å². The van der Waals surface area contributed by atoms with Crippen LogP contribution in [0.15, 0.2) is 0 Å². The van der Waals surface area contributed by atoms with Crippen molar-refractivity contribution in [2.24, 2.45) is 0 Å². The quantitative estimate of drug-likeness (QED) is 0.607. The van der Waals surface area contributed by atoms with Crippen LogP contribution < -0.4 is 10.6 Å². The minimum Gasteiger partial charge on any atom is -0.480 e. The van der Waals surface area contributed by atoms with Crippen LogP contribution in [-0.4, -0.2) is 35.6 Å². The first-order valence-corrected chi connectivity index (χ1v) is 5.41. The van der Waals surface area contributed by atoms with Gasteiger partial charge in [0.05, 0.1) is 6.04 Å². The van der Waals surface area contributed by atoms with Gasteiger partial charge in [0.15, 0.2) is 0 Å². The summed E-state index contributed by atoms with van der Waals surface area (Å²) in [6.45, 7) is 2.74. The molecule has 86 valence electrons. The number of aliphatic carboxylic acids is 1. The van der Waals surface area contributed by atoms with Gasteiger partial charge in [0.1, 0.15) is 6.04 Å². The summed E-state index contributed by atoms with van der Waals surface area (Å²) in [4.78, 5) is 22.4. The molecule has 5 nitrogen and oxygen atoms in total. The lowest BCUT2D eigenvalue weighted by Gasteiger charge is -2.16. The first kappa shape index (κ1) is 12.0. The van der Waals surface area contributed by atoms with Crippen LogP contribution in [0.3, 0.4) is 0 Å². The highest BCUT2D eigenvalue weighted by atomic mass is 16.4. The highest BCUT2D eigenvalue weighted by Crippen LogP contribution is 2.06. The Hall–Kier alpha value is -1.10. The molecule has 2 atom stereocenters. The maximum atomic E-state index is 11.6. The molecular weight excluding hydrogens is 196 g/mol. The summed E-state index contributed by atoms with van der Waals surface area (Å²) in [7, 11) is 0. The molecule has 0 spiro atoms. The van der Waals surface area contributed by atoms with Crippen molar-refractivity contribution in [2.45, 2.75) is 44.7 Å². The largest absolute Gasteiger partial charge is 0.480 e. The molecule has 0 aromatic rings. The van der Waals surface area contributed by atoms with E-state index >= 15 is 0 Å². The van der Waals surface area contributed by atoms with Gasteiger partial charge in [-0.25, -0.2) is 4.79 Å². The van der Waals surface area contributed by atoms with Gasteiger partial charge < -0.3 is 15.7 Å². The van der Waals surface area contributed by atoms with E-state index in [0.717, 1.165) is 25.8 Å². The fourth-order valence-corrected chi connectivity index (χ4v) is 1.73. The van der Waals surface area contributed by atoms with Crippen LogP contribution in [-0.2, 0) is 9.59 Å². The molecule has 0 bridgehead atoms. The topological polar surface area (TPSA) is 78.4 Å². The van der Waals surface area contributed by atoms with Crippen LogP contribution >= 0.6 is 0 Å². The molecule has 1 saturated heterocycles. The number of hydrogen-bond acceptors (Lipinski definition) is 3. The van der Waals surface area contributed by atoms with Gasteiger partial charge in [-0.1, -0.05) is 13.3 Å². The zero-order valence-corrected chi connectivity index (χ0v) is 8.95. The molecule has 1 aliphatic rings. The van der Waals surface area contributed by atoms with Gasteiger partial charge in [-0.05, 0) is 25.8 Å². The Labute approximate surface area is 89.2 Å². The highest BCUT2D eigenvalue weighted by molar-refractivity contribution is 5.87. The third kappa shape index (κ3) is 3.51. The SMILES string of the molecule is CCCC(NC(=O)[C@H]1CCCN1)C(=O)O. The Kier molecular flexibility index (Phi) is 4.55. The van der Waals surface area contributed by atoms with Gasteiger partial charge in [0.25, 0.3) is 0 Å². The Morgan fingerprint density at radius 2 is 2.33 bits per heavy atom. The minimum absolute atomic E-state index is 0.187. The fraction of sp³-hybridized carbons (Fsp3) is 0.800. The molecule has 3 N–H and O–H groups in total. The van der Waals surface area contributed by atoms with Crippen LogP contribution in [0.4, 0.5) is 0 Å². The normalized spacial score (nSPS) is 22.3. The number of carboxylic acids is 1. The molecule has 5 heteroatoms. The van der Waals surface area contributed by atoms with Crippen LogP contribution in [0.5, 0.6) is 0 Å². The van der Waals surface area contributed by atoms with Gasteiger partial charge in [0, 0.05) is 0 Å². The fourth-order valence-electron chi connectivity index (χ4n) is 1.73. The van der Waals surface area contributed by atoms with Gasteiger partial charge in [-0.15, -0.1) is 0 Å². The lowest BCUT2D eigenvalue weighted by Crippen LogP contribution is -2.48. The number of rotatable bonds is 5. The molecule has 1 heterocycles. The molecule has 0 saturated carbocycles. The number of nitrogens with one attached hydrogen (secondary N) is 2. The van der Waals surface area contributed by atoms with Crippen molar-refractivity contribution in [3.8, 4) is 0 Å². The maximum Gasteiger partial charge on any atom is 0.326 e. The summed E-state index contributed by atoms with van der Waals surface area (Å²) >= 11 is 0. The summed E-state index contributed by atoms with van der Waals surface area (Å²) in [5.74, 6) is -1.14. The van der Waals surface area contributed by atoms with Gasteiger partial charge in [-0.2, -0.15) is 0 Å². The summed E-state index contributed by atoms with van der Waals surface area (Å²) in [6, 6.07) is -0.950. The van der Waals surface area contributed by atoms with Crippen LogP contribution in [0.1, 0.15) is 32.6 Å². The van der Waals surface area contributed by atoms with E-state index in [1.807, 2.05) is 6.92 Å². The lowest BCUT2D eigenvalue weighted by molar-refractivity contribution is -0.142. The Balaban J connectivity index is 2.42. The van der Waals surface area contributed by atoms with E-state index in [0.29, 0.717) is 6.42 Å². The molecule has 1 aliphatic heterocycles. The summed E-state index contributed by atoms with van der Waals surface area (Å²) < 4.78 is 0. The van der Waals surface area contributed by atoms with E-state index < -0.39 is 12.0 Å². The third-order valence-electron chi connectivity index (χ3n) is 2.57. The van der Waals surface area contributed by atoms with Crippen molar-refractivity contribution in [3.05, 3.63) is 0 Å². The number of carbonyl (C=O) groups excluding carboxylic acids is 1. The van der Waals surface area contributed by atoms with E-state index in [2.05, 4.69) is 10.6 Å². The third-order valence-corrected chi connectivity index (χ3v) is 2.57. The second-order valence-electron chi connectivity index (χ2n) is 3.84. The zero-order valence-electron chi connectivity index (χ0n) is 8.95. The second kappa shape index (κ2) is 5.70. The van der Waals surface area contributed by atoms with Crippen molar-refractivity contribution in [3.63, 3.8) is 0 Å². The first-order valence-electron chi connectivity index (χ1n) is 5.41. The molecule has 0 radical (unpaired) electrons. The van der Waals surface area contributed by atoms with Crippen LogP contribution in [0, 0.1) is 0 Å². The number of carboxylic acid groups (broad SMARTS) is 1. The first-order chi connectivity index (χ1) is 7.15. The predicted molar refractivity (Wildman–Crippen MR) is 55.5 cm³/mol. The molecule has 0 aliphatic carbocycles. The number of amides is 1. The van der Waals surface area contributed by atoms with Gasteiger partial charge >= 0.3 is 5.97 Å². The van der Waals surface area contributed by atoms with Crippen molar-refractivity contribution in [2.75, 3.05) is 6.54 Å². The minimum atomic E-state index is -0.955. The van der Waals surface area contributed by atoms with E-state index in [1.165, 1.54) is 0 Å². The summed E-state index contributed by atoms with van der Waals surface area (Å²) in [5.41, 5.74) is 0. The Morgan fingerprint density at radius 3 is 2.80 bits per heavy atom. The Morgan fingerprint density at radius 1 is 1.60 bits per heavy atom. The number of hydrogen-bond donors (Lipinski definition) is 3. The van der Waals surface area contributed by atoms with Crippen molar-refractivity contribution < 1.29 is 14.7 Å². The van der Waals surface area contributed by atoms with E-state index in [1.54, 1.807) is 0 Å². The summed E-state index contributed by atoms with van der Waals surface area (Å²) in [5, 5.41) is 14.5. The van der Waals surface area contributed by atoms with Crippen LogP contribution in [0.25, 0.3) is 0 Å². The lowest BCUT2D eigenvalue weighted by atomic mass is 10.1. The predicted octanol–water partition coefficient (Wildman–Crippen LogP) is 0.108. The van der Waals surface area contributed by atoms with Gasteiger partial charge in [-0.3, -0.25) is 4.79 Å². The number of carbonyl (C=O) groups is 2. The molecule has 1 amide bonds. The molecule has 0 aromatic heterocycles. The smallest absolute Gasteiger partial charge is 0.326 e. The average molecular weight is 214 g/mol. The molecule has 15 heavy (non-hydrogen) atoms. The van der Waals surface area contributed by atoms with Crippen molar-refractivity contribution >= 4 is 11.9 Å². The average Bonchev–Trinajstić information content (AvgIpc) is 2.69.